The Labute approximate surface area is 115 Å². The predicted molar refractivity (Wildman–Crippen MR) is 73.3 cm³/mol. The minimum Gasteiger partial charge on any atom is -0.496 e. The molecule has 0 spiro atoms. The van der Waals surface area contributed by atoms with Gasteiger partial charge >= 0.3 is 5.97 Å². The van der Waals surface area contributed by atoms with Crippen LogP contribution in [-0.4, -0.2) is 18.2 Å². The van der Waals surface area contributed by atoms with Crippen molar-refractivity contribution in [1.29, 1.82) is 0 Å². The second-order valence-electron chi connectivity index (χ2n) is 5.12. The van der Waals surface area contributed by atoms with Gasteiger partial charge in [-0.1, -0.05) is 29.8 Å². The van der Waals surface area contributed by atoms with Gasteiger partial charge in [-0.15, -0.1) is 0 Å². The predicted octanol–water partition coefficient (Wildman–Crippen LogP) is 3.70. The Morgan fingerprint density at radius 2 is 2.06 bits per heavy atom. The summed E-state index contributed by atoms with van der Waals surface area (Å²) in [6.07, 6.45) is 1.41. The Hall–Kier alpha value is -1.03. The van der Waals surface area contributed by atoms with E-state index in [1.54, 1.807) is 7.11 Å². The molecule has 1 aromatic carbocycles. The number of methoxy groups -OCH3 is 1. The summed E-state index contributed by atoms with van der Waals surface area (Å²) < 4.78 is 6.34. The van der Waals surface area contributed by atoms with Crippen molar-refractivity contribution < 1.29 is 14.6 Å². The molecule has 0 aromatic heterocycles. The number of hydrogen-bond acceptors (Lipinski definition) is 2. The van der Waals surface area contributed by atoms with Gasteiger partial charge in [-0.05, 0) is 36.5 Å². The molecule has 1 aliphatic carbocycles. The Balaban J connectivity index is 2.54. The van der Waals surface area contributed by atoms with Crippen molar-refractivity contribution in [2.75, 3.05) is 7.11 Å². The zero-order valence-electron chi connectivity index (χ0n) is 10.8. The summed E-state index contributed by atoms with van der Waals surface area (Å²) in [5, 5.41) is 9.33. The molecule has 4 heteroatoms. The third kappa shape index (κ3) is 2.03. The fraction of sp³-hybridized carbons (Fsp3) is 0.500. The first kappa shape index (κ1) is 13.4. The minimum absolute atomic E-state index is 0.323. The maximum atomic E-state index is 11.4. The standard InChI is InChI=1S/C14H17BrO3/c1-8(2)12-10(15)6-9(7-11(12)18-3)14(4-5-14)13(16)17/h6-8H,4-5H2,1-3H3,(H,16,17). The molecule has 1 fully saturated rings. The van der Waals surface area contributed by atoms with Crippen molar-refractivity contribution in [3.63, 3.8) is 0 Å². The zero-order chi connectivity index (χ0) is 13.5. The van der Waals surface area contributed by atoms with Crippen LogP contribution in [0.2, 0.25) is 0 Å². The molecule has 0 bridgehead atoms. The lowest BCUT2D eigenvalue weighted by molar-refractivity contribution is -0.140. The maximum Gasteiger partial charge on any atom is 0.314 e. The van der Waals surface area contributed by atoms with E-state index >= 15 is 0 Å². The van der Waals surface area contributed by atoms with Crippen LogP contribution in [-0.2, 0) is 10.2 Å². The van der Waals surface area contributed by atoms with Crippen molar-refractivity contribution in [3.05, 3.63) is 27.7 Å². The number of carboxylic acid groups (broad SMARTS) is 1. The Kier molecular flexibility index (Phi) is 3.41. The molecule has 0 aliphatic heterocycles. The fourth-order valence-corrected chi connectivity index (χ4v) is 3.25. The van der Waals surface area contributed by atoms with Crippen molar-refractivity contribution >= 4 is 21.9 Å². The number of carboxylic acids is 1. The molecule has 1 N–H and O–H groups in total. The van der Waals surface area contributed by atoms with Gasteiger partial charge in [-0.2, -0.15) is 0 Å². The molecule has 3 nitrogen and oxygen atoms in total. The largest absolute Gasteiger partial charge is 0.496 e. The van der Waals surface area contributed by atoms with Gasteiger partial charge < -0.3 is 9.84 Å². The number of hydrogen-bond donors (Lipinski definition) is 1. The van der Waals surface area contributed by atoms with Crippen LogP contribution < -0.4 is 4.74 Å². The highest BCUT2D eigenvalue weighted by Gasteiger charge is 2.52. The molecule has 1 aromatic rings. The average molecular weight is 313 g/mol. The van der Waals surface area contributed by atoms with Crippen molar-refractivity contribution in [2.24, 2.45) is 0 Å². The quantitative estimate of drug-likeness (QED) is 0.922. The van der Waals surface area contributed by atoms with Gasteiger partial charge in [0.05, 0.1) is 12.5 Å². The second kappa shape index (κ2) is 4.57. The Bertz CT molecular complexity index is 490. The number of halogens is 1. The molecular weight excluding hydrogens is 296 g/mol. The van der Waals surface area contributed by atoms with Crippen LogP contribution in [0.4, 0.5) is 0 Å². The third-order valence-corrected chi connectivity index (χ3v) is 4.26. The molecule has 0 unspecified atom stereocenters. The normalized spacial score (nSPS) is 16.7. The monoisotopic (exact) mass is 312 g/mol. The lowest BCUT2D eigenvalue weighted by Crippen LogP contribution is -2.19. The second-order valence-corrected chi connectivity index (χ2v) is 5.97. The topological polar surface area (TPSA) is 46.5 Å². The summed E-state index contributed by atoms with van der Waals surface area (Å²) in [6.45, 7) is 4.18. The summed E-state index contributed by atoms with van der Waals surface area (Å²) >= 11 is 3.54. The van der Waals surface area contributed by atoms with Gasteiger partial charge in [0.25, 0.3) is 0 Å². The zero-order valence-corrected chi connectivity index (χ0v) is 12.4. The fourth-order valence-electron chi connectivity index (χ4n) is 2.35. The van der Waals surface area contributed by atoms with Gasteiger partial charge in [0.1, 0.15) is 5.75 Å². The summed E-state index contributed by atoms with van der Waals surface area (Å²) in [6, 6.07) is 3.81. The summed E-state index contributed by atoms with van der Waals surface area (Å²) in [5.41, 5.74) is 1.23. The van der Waals surface area contributed by atoms with E-state index < -0.39 is 11.4 Å². The van der Waals surface area contributed by atoms with E-state index in [9.17, 15) is 9.90 Å². The van der Waals surface area contributed by atoms with Crippen LogP contribution in [0.5, 0.6) is 5.75 Å². The highest BCUT2D eigenvalue weighted by atomic mass is 79.9. The van der Waals surface area contributed by atoms with E-state index in [2.05, 4.69) is 29.8 Å². The molecule has 0 radical (unpaired) electrons. The van der Waals surface area contributed by atoms with Crippen molar-refractivity contribution in [2.45, 2.75) is 38.0 Å². The van der Waals surface area contributed by atoms with Gasteiger partial charge in [0.15, 0.2) is 0 Å². The molecule has 1 aliphatic rings. The summed E-state index contributed by atoms with van der Waals surface area (Å²) in [4.78, 5) is 11.4. The Morgan fingerprint density at radius 3 is 2.44 bits per heavy atom. The van der Waals surface area contributed by atoms with Crippen LogP contribution in [0, 0.1) is 0 Å². The molecule has 0 saturated heterocycles. The van der Waals surface area contributed by atoms with Gasteiger partial charge in [-0.25, -0.2) is 0 Å². The average Bonchev–Trinajstić information content (AvgIpc) is 3.08. The molecular formula is C14H17BrO3. The van der Waals surface area contributed by atoms with E-state index in [-0.39, 0.29) is 0 Å². The number of ether oxygens (including phenoxy) is 1. The van der Waals surface area contributed by atoms with Crippen LogP contribution in [0.3, 0.4) is 0 Å². The highest BCUT2D eigenvalue weighted by Crippen LogP contribution is 2.51. The molecule has 0 atom stereocenters. The highest BCUT2D eigenvalue weighted by molar-refractivity contribution is 9.10. The van der Waals surface area contributed by atoms with Crippen molar-refractivity contribution in [1.82, 2.24) is 0 Å². The summed E-state index contributed by atoms with van der Waals surface area (Å²) in [5.74, 6) is 0.346. The Morgan fingerprint density at radius 1 is 1.44 bits per heavy atom. The maximum absolute atomic E-state index is 11.4. The van der Waals surface area contributed by atoms with Gasteiger partial charge in [0.2, 0.25) is 0 Å². The molecule has 0 heterocycles. The van der Waals surface area contributed by atoms with Crippen LogP contribution >= 0.6 is 15.9 Å². The lowest BCUT2D eigenvalue weighted by Gasteiger charge is -2.18. The van der Waals surface area contributed by atoms with Crippen LogP contribution in [0.25, 0.3) is 0 Å². The van der Waals surface area contributed by atoms with E-state index in [1.165, 1.54) is 0 Å². The van der Waals surface area contributed by atoms with E-state index in [0.717, 1.165) is 21.3 Å². The van der Waals surface area contributed by atoms with Crippen LogP contribution in [0.1, 0.15) is 43.7 Å². The number of benzene rings is 1. The molecule has 18 heavy (non-hydrogen) atoms. The molecule has 0 amide bonds. The lowest BCUT2D eigenvalue weighted by atomic mass is 9.92. The number of rotatable bonds is 4. The van der Waals surface area contributed by atoms with Gasteiger partial charge in [-0.3, -0.25) is 4.79 Å². The summed E-state index contributed by atoms with van der Waals surface area (Å²) in [7, 11) is 1.62. The smallest absolute Gasteiger partial charge is 0.314 e. The van der Waals surface area contributed by atoms with E-state index in [0.29, 0.717) is 18.8 Å². The van der Waals surface area contributed by atoms with E-state index in [1.807, 2.05) is 12.1 Å². The SMILES string of the molecule is COc1cc(C2(C(=O)O)CC2)cc(Br)c1C(C)C. The third-order valence-electron chi connectivity index (χ3n) is 3.60. The number of aliphatic carboxylic acids is 1. The van der Waals surface area contributed by atoms with E-state index in [4.69, 9.17) is 4.74 Å². The molecule has 2 rings (SSSR count). The molecule has 1 saturated carbocycles. The number of carbonyl (C=O) groups is 1. The van der Waals surface area contributed by atoms with Crippen molar-refractivity contribution in [3.8, 4) is 5.75 Å². The minimum atomic E-state index is -0.742. The van der Waals surface area contributed by atoms with Gasteiger partial charge in [0, 0.05) is 10.0 Å². The van der Waals surface area contributed by atoms with Crippen LogP contribution in [0.15, 0.2) is 16.6 Å². The first-order valence-electron chi connectivity index (χ1n) is 6.03. The first-order valence-corrected chi connectivity index (χ1v) is 6.83. The molecule has 98 valence electrons. The first-order chi connectivity index (χ1) is 8.42.